The van der Waals surface area contributed by atoms with Crippen molar-refractivity contribution in [3.05, 3.63) is 0 Å². The van der Waals surface area contributed by atoms with Crippen LogP contribution in [0.4, 0.5) is 0 Å². The number of unbranched alkanes of at least 4 members (excludes halogenated alkanes) is 14. The molecule has 0 saturated carbocycles. The van der Waals surface area contributed by atoms with Gasteiger partial charge in [-0.3, -0.25) is 18.7 Å². The molecule has 0 bridgehead atoms. The van der Waals surface area contributed by atoms with Crippen LogP contribution in [0.2, 0.25) is 0 Å². The second kappa shape index (κ2) is 19.9. The van der Waals surface area contributed by atoms with Crippen molar-refractivity contribution in [1.82, 2.24) is 0 Å². The van der Waals surface area contributed by atoms with E-state index in [4.69, 9.17) is 18.1 Å². The van der Waals surface area contributed by atoms with Crippen LogP contribution >= 0.6 is 15.2 Å². The maximum absolute atomic E-state index is 11.9. The molecule has 33 heavy (non-hydrogen) atoms. The highest BCUT2D eigenvalue weighted by atomic mass is 31.2. The van der Waals surface area contributed by atoms with Gasteiger partial charge in [-0.15, -0.1) is 0 Å². The van der Waals surface area contributed by atoms with Crippen LogP contribution in [-0.2, 0) is 36.8 Å². The third kappa shape index (κ3) is 14.6. The molecule has 0 aromatic carbocycles. The maximum atomic E-state index is 11.9. The quantitative estimate of drug-likeness (QED) is 0.0959. The minimum atomic E-state index is -3.54. The third-order valence-electron chi connectivity index (χ3n) is 5.85. The zero-order valence-electron chi connectivity index (χ0n) is 21.2. The van der Waals surface area contributed by atoms with Crippen molar-refractivity contribution in [3.8, 4) is 0 Å². The fourth-order valence-electron chi connectivity index (χ4n) is 3.68. The Hall–Kier alpha value is -0.360. The Labute approximate surface area is 200 Å². The average Bonchev–Trinajstić information content (AvgIpc) is 2.84. The molecule has 0 fully saturated rings. The van der Waals surface area contributed by atoms with Crippen LogP contribution < -0.4 is 0 Å². The topological polar surface area (TPSA) is 105 Å². The first-order chi connectivity index (χ1) is 15.8. The van der Waals surface area contributed by atoms with Gasteiger partial charge in [-0.25, -0.2) is 0 Å². The van der Waals surface area contributed by atoms with E-state index in [1.807, 2.05) is 0 Å². The average molecular weight is 513 g/mol. The monoisotopic (exact) mass is 512 g/mol. The number of carbonyl (C=O) groups excluding carboxylic acids is 2. The largest absolute Gasteiger partial charge is 0.396 e. The summed E-state index contributed by atoms with van der Waals surface area (Å²) in [7, 11) is -2.13. The zero-order valence-corrected chi connectivity index (χ0v) is 23.0. The lowest BCUT2D eigenvalue weighted by Crippen LogP contribution is -2.03. The normalized spacial score (nSPS) is 12.2. The van der Waals surface area contributed by atoms with E-state index in [0.29, 0.717) is 0 Å². The smallest absolute Gasteiger partial charge is 0.307 e. The fourth-order valence-corrected chi connectivity index (χ4v) is 5.66. The van der Waals surface area contributed by atoms with Crippen molar-refractivity contribution in [2.45, 2.75) is 109 Å². The second-order valence-electron chi connectivity index (χ2n) is 8.32. The molecule has 0 aliphatic carbocycles. The van der Waals surface area contributed by atoms with Crippen molar-refractivity contribution in [2.75, 3.05) is 28.4 Å². The summed E-state index contributed by atoms with van der Waals surface area (Å²) >= 11 is 0. The first-order valence-electron chi connectivity index (χ1n) is 12.3. The van der Waals surface area contributed by atoms with E-state index in [1.54, 1.807) is 0 Å². The molecule has 196 valence electrons. The van der Waals surface area contributed by atoms with E-state index < -0.39 is 26.2 Å². The SMILES string of the molecule is COP(=O)(OC)C(=O)CCCCCCCCCCCCCCCCCC(=O)P(=O)(OC)OC. The van der Waals surface area contributed by atoms with E-state index in [9.17, 15) is 18.7 Å². The molecule has 0 aromatic rings. The van der Waals surface area contributed by atoms with Crippen LogP contribution in [-0.4, -0.2) is 39.5 Å². The number of hydrogen-bond donors (Lipinski definition) is 0. The molecule has 0 aliphatic heterocycles. The first-order valence-corrected chi connectivity index (χ1v) is 15.4. The van der Waals surface area contributed by atoms with Gasteiger partial charge in [0.25, 0.3) is 0 Å². The Morgan fingerprint density at radius 3 is 0.788 bits per heavy atom. The standard InChI is InChI=1S/C23H46O8P2/c1-28-32(26,29-2)22(24)20-18-16-14-12-10-8-6-5-7-9-11-13-15-17-19-21-23(25)33(27,30-3)31-4/h5-21H2,1-4H3. The number of rotatable bonds is 24. The molecule has 0 aromatic heterocycles. The van der Waals surface area contributed by atoms with Crippen LogP contribution in [0.3, 0.4) is 0 Å². The Kier molecular flexibility index (Phi) is 19.7. The summed E-state index contributed by atoms with van der Waals surface area (Å²) in [5.74, 6) is 0. The van der Waals surface area contributed by atoms with Gasteiger partial charge in [0, 0.05) is 41.3 Å². The summed E-state index contributed by atoms with van der Waals surface area (Å²) < 4.78 is 42.6. The van der Waals surface area contributed by atoms with Crippen LogP contribution in [0.1, 0.15) is 109 Å². The van der Waals surface area contributed by atoms with Crippen molar-refractivity contribution < 1.29 is 36.8 Å². The van der Waals surface area contributed by atoms with E-state index in [2.05, 4.69) is 0 Å². The van der Waals surface area contributed by atoms with E-state index in [1.165, 1.54) is 86.2 Å². The van der Waals surface area contributed by atoms with Gasteiger partial charge >= 0.3 is 15.2 Å². The van der Waals surface area contributed by atoms with Crippen LogP contribution in [0.25, 0.3) is 0 Å². The summed E-state index contributed by atoms with van der Waals surface area (Å²) in [5, 5.41) is 0. The van der Waals surface area contributed by atoms with Gasteiger partial charge in [0.1, 0.15) is 0 Å². The zero-order chi connectivity index (χ0) is 25.0. The predicted octanol–water partition coefficient (Wildman–Crippen LogP) is 7.64. The summed E-state index contributed by atoms with van der Waals surface area (Å²) in [5.41, 5.74) is -0.855. The molecule has 0 aliphatic rings. The van der Waals surface area contributed by atoms with Gasteiger partial charge < -0.3 is 18.1 Å². The molecule has 0 heterocycles. The van der Waals surface area contributed by atoms with Gasteiger partial charge in [-0.1, -0.05) is 83.5 Å². The molecule has 0 amide bonds. The number of carbonyl (C=O) groups is 2. The molecule has 0 rings (SSSR count). The molecule has 0 radical (unpaired) electrons. The predicted molar refractivity (Wildman–Crippen MR) is 132 cm³/mol. The molecule has 0 saturated heterocycles. The van der Waals surface area contributed by atoms with Gasteiger partial charge in [0.05, 0.1) is 0 Å². The summed E-state index contributed by atoms with van der Waals surface area (Å²) in [6, 6.07) is 0. The van der Waals surface area contributed by atoms with Crippen LogP contribution in [0.5, 0.6) is 0 Å². The van der Waals surface area contributed by atoms with Crippen molar-refractivity contribution in [2.24, 2.45) is 0 Å². The van der Waals surface area contributed by atoms with Crippen LogP contribution in [0.15, 0.2) is 0 Å². The highest BCUT2D eigenvalue weighted by Crippen LogP contribution is 2.49. The lowest BCUT2D eigenvalue weighted by atomic mass is 10.0. The first kappa shape index (κ1) is 32.6. The Morgan fingerprint density at radius 2 is 0.606 bits per heavy atom. The van der Waals surface area contributed by atoms with E-state index >= 15 is 0 Å². The second-order valence-corrected chi connectivity index (χ2v) is 12.8. The number of hydrogen-bond acceptors (Lipinski definition) is 8. The molecular formula is C23H46O8P2. The fraction of sp³-hybridized carbons (Fsp3) is 0.913. The van der Waals surface area contributed by atoms with Crippen molar-refractivity contribution in [3.63, 3.8) is 0 Å². The van der Waals surface area contributed by atoms with E-state index in [-0.39, 0.29) is 12.8 Å². The molecule has 8 nitrogen and oxygen atoms in total. The minimum absolute atomic E-state index is 0.251. The molecule has 0 N–H and O–H groups in total. The molecule has 0 spiro atoms. The Morgan fingerprint density at radius 1 is 0.424 bits per heavy atom. The Bertz CT molecular complexity index is 556. The molecule has 0 atom stereocenters. The van der Waals surface area contributed by atoms with Gasteiger partial charge in [-0.05, 0) is 12.8 Å². The summed E-state index contributed by atoms with van der Waals surface area (Å²) in [6.45, 7) is 0. The van der Waals surface area contributed by atoms with E-state index in [0.717, 1.165) is 38.5 Å². The molecule has 0 unspecified atom stereocenters. The van der Waals surface area contributed by atoms with Crippen molar-refractivity contribution in [1.29, 1.82) is 0 Å². The summed E-state index contributed by atoms with van der Waals surface area (Å²) in [4.78, 5) is 23.6. The third-order valence-corrected chi connectivity index (χ3v) is 9.45. The van der Waals surface area contributed by atoms with Crippen LogP contribution in [0, 0.1) is 0 Å². The lowest BCUT2D eigenvalue weighted by Gasteiger charge is -2.11. The van der Waals surface area contributed by atoms with Crippen molar-refractivity contribution >= 4 is 26.2 Å². The highest BCUT2D eigenvalue weighted by molar-refractivity contribution is 7.72. The molecule has 10 heteroatoms. The molecular weight excluding hydrogens is 466 g/mol. The Balaban J connectivity index is 3.41. The maximum Gasteiger partial charge on any atom is 0.396 e. The highest BCUT2D eigenvalue weighted by Gasteiger charge is 2.31. The van der Waals surface area contributed by atoms with Gasteiger partial charge in [-0.2, -0.15) is 0 Å². The lowest BCUT2D eigenvalue weighted by molar-refractivity contribution is -0.114. The van der Waals surface area contributed by atoms with Gasteiger partial charge in [0.15, 0.2) is 0 Å². The minimum Gasteiger partial charge on any atom is -0.307 e. The summed E-state index contributed by atoms with van der Waals surface area (Å²) in [6.07, 6.45) is 17.2. The van der Waals surface area contributed by atoms with Gasteiger partial charge in [0.2, 0.25) is 11.0 Å².